The molecule has 7 aliphatic rings. The van der Waals surface area contributed by atoms with Gasteiger partial charge in [0.25, 0.3) is 0 Å². The summed E-state index contributed by atoms with van der Waals surface area (Å²) in [6.07, 6.45) is 19.8. The number of ketones is 2. The zero-order valence-corrected chi connectivity index (χ0v) is 37.2. The maximum Gasteiger partial charge on any atom is 0.153 e. The van der Waals surface area contributed by atoms with Crippen molar-refractivity contribution in [3.05, 3.63) is 12.2 Å². The van der Waals surface area contributed by atoms with E-state index >= 15 is 0 Å². The number of rotatable bonds is 13. The number of ether oxygens (including phenoxy) is 1. The van der Waals surface area contributed by atoms with Crippen LogP contribution in [0.15, 0.2) is 12.2 Å². The summed E-state index contributed by atoms with van der Waals surface area (Å²) in [6, 6.07) is 0.464. The first kappa shape index (κ1) is 46.3. The molecular formula is C50H83N3O7+2. The van der Waals surface area contributed by atoms with Gasteiger partial charge in [0.15, 0.2) is 5.78 Å². The van der Waals surface area contributed by atoms with Crippen molar-refractivity contribution in [1.29, 1.82) is 0 Å². The molecule has 0 radical (unpaired) electrons. The number of aliphatic hydroxyl groups excluding tert-OH is 4. The molecule has 10 heteroatoms. The molecule has 2 saturated heterocycles. The molecule has 0 aromatic rings. The van der Waals surface area contributed by atoms with Gasteiger partial charge in [0, 0.05) is 50.0 Å². The number of quaternary nitrogens is 2. The standard InChI is InChI=1S/C50H81N3O7/c1-3-34-30-53-49(51)28-41(34)35(12-11-31-7-5-4-6-8-31)23-43(55)44(56)24-37-18-20-50(47(58)16-14-36-25-46(60-2)45(57)27-40(36)37)19-17-32(22-48(50)59)9-10-33-21-38-13-15-39(54)26-42(38)52-29-33/h11-12,31-38,40-46,48-49,52-53,55-57,59H,3-10,13-17,19,21-30,51H2,1-2H3/p+2. The van der Waals surface area contributed by atoms with E-state index in [9.17, 15) is 30.0 Å². The van der Waals surface area contributed by atoms with Gasteiger partial charge in [0.1, 0.15) is 17.4 Å². The molecule has 2 aliphatic heterocycles. The van der Waals surface area contributed by atoms with Crippen LogP contribution in [0.1, 0.15) is 148 Å². The molecule has 17 unspecified atom stereocenters. The molecule has 338 valence electrons. The molecule has 2 heterocycles. The first-order valence-electron chi connectivity index (χ1n) is 24.9. The van der Waals surface area contributed by atoms with E-state index < -0.39 is 29.8 Å². The second kappa shape index (κ2) is 21.3. The maximum atomic E-state index is 14.3. The molecule has 0 aromatic carbocycles. The Morgan fingerprint density at radius 3 is 2.45 bits per heavy atom. The molecule has 5 aliphatic carbocycles. The van der Waals surface area contributed by atoms with Gasteiger partial charge in [-0.3, -0.25) is 15.3 Å². The smallest absolute Gasteiger partial charge is 0.153 e. The molecule has 6 fully saturated rings. The fourth-order valence-electron chi connectivity index (χ4n) is 13.7. The van der Waals surface area contributed by atoms with Gasteiger partial charge < -0.3 is 35.8 Å². The monoisotopic (exact) mass is 838 g/mol. The number of aliphatic hydroxyl groups is 4. The molecule has 4 saturated carbocycles. The van der Waals surface area contributed by atoms with Gasteiger partial charge in [0.05, 0.1) is 56.1 Å². The third kappa shape index (κ3) is 11.2. The zero-order valence-electron chi connectivity index (χ0n) is 37.2. The lowest BCUT2D eigenvalue weighted by Gasteiger charge is -2.42. The fourth-order valence-corrected chi connectivity index (χ4v) is 13.7. The van der Waals surface area contributed by atoms with Crippen molar-refractivity contribution in [1.82, 2.24) is 0 Å². The quantitative estimate of drug-likeness (QED) is 0.108. The highest BCUT2D eigenvalue weighted by molar-refractivity contribution is 5.89. The van der Waals surface area contributed by atoms with Crippen molar-refractivity contribution in [3.8, 4) is 11.8 Å². The molecule has 0 aromatic heterocycles. The van der Waals surface area contributed by atoms with Gasteiger partial charge in [0.2, 0.25) is 0 Å². The van der Waals surface area contributed by atoms with Crippen molar-refractivity contribution in [3.63, 3.8) is 0 Å². The van der Waals surface area contributed by atoms with Crippen LogP contribution < -0.4 is 16.4 Å². The number of hydrogen-bond donors (Lipinski definition) is 7. The molecule has 10 nitrogen and oxygen atoms in total. The summed E-state index contributed by atoms with van der Waals surface area (Å²) < 4.78 is 5.73. The van der Waals surface area contributed by atoms with Crippen LogP contribution in [0.25, 0.3) is 0 Å². The highest BCUT2D eigenvalue weighted by Gasteiger charge is 2.50. The first-order chi connectivity index (χ1) is 29.0. The second-order valence-corrected chi connectivity index (χ2v) is 21.3. The summed E-state index contributed by atoms with van der Waals surface area (Å²) in [5.74, 6) is 10.2. The lowest BCUT2D eigenvalue weighted by atomic mass is 9.64. The van der Waals surface area contributed by atoms with Crippen LogP contribution in [-0.4, -0.2) is 94.9 Å². The largest absolute Gasteiger partial charge is 0.391 e. The molecule has 17 atom stereocenters. The molecule has 0 bridgehead atoms. The normalized spacial score (nSPS) is 42.2. The van der Waals surface area contributed by atoms with E-state index in [1.165, 1.54) is 38.5 Å². The highest BCUT2D eigenvalue weighted by atomic mass is 16.5. The summed E-state index contributed by atoms with van der Waals surface area (Å²) in [6.45, 7) is 4.31. The average molecular weight is 838 g/mol. The van der Waals surface area contributed by atoms with Crippen molar-refractivity contribution in [2.75, 3.05) is 20.2 Å². The lowest BCUT2D eigenvalue weighted by molar-refractivity contribution is -0.711. The van der Waals surface area contributed by atoms with Crippen molar-refractivity contribution < 1.29 is 45.4 Å². The van der Waals surface area contributed by atoms with Crippen LogP contribution in [-0.2, 0) is 14.3 Å². The number of nitrogens with two attached hydrogens (primary N) is 3. The van der Waals surface area contributed by atoms with Gasteiger partial charge in [-0.1, -0.05) is 50.2 Å². The first-order valence-corrected chi connectivity index (χ1v) is 24.9. The number of Topliss-reactive ketones (excluding diaryl/α,β-unsaturated/α-hetero) is 2. The molecule has 7 rings (SSSR count). The van der Waals surface area contributed by atoms with Crippen molar-refractivity contribution in [2.45, 2.75) is 191 Å². The van der Waals surface area contributed by atoms with Gasteiger partial charge in [-0.2, -0.15) is 0 Å². The number of allylic oxidation sites excluding steroid dienone is 2. The molecule has 10 N–H and O–H groups in total. The summed E-state index contributed by atoms with van der Waals surface area (Å²) in [5.41, 5.74) is 5.40. The van der Waals surface area contributed by atoms with E-state index in [4.69, 9.17) is 10.5 Å². The Labute approximate surface area is 361 Å². The molecule has 0 amide bonds. The number of hydrogen-bond acceptors (Lipinski definition) is 8. The molecule has 60 heavy (non-hydrogen) atoms. The summed E-state index contributed by atoms with van der Waals surface area (Å²) in [5, 5.41) is 51.8. The van der Waals surface area contributed by atoms with Crippen LogP contribution in [0.4, 0.5) is 0 Å². The SMILES string of the molecule is CCC1C[NH2+]C(N)CC1C(C=CC1CCCCC1)CC(O)C(O)CC1C#CC2(CCC(CCC3C[NH2+]C4CC(=O)CCC4C3)CC2O)C(=O)CCC2CC(OC)C(O)CC12. The third-order valence-electron chi connectivity index (χ3n) is 17.6. The Morgan fingerprint density at radius 1 is 0.900 bits per heavy atom. The minimum Gasteiger partial charge on any atom is -0.391 e. The highest BCUT2D eigenvalue weighted by Crippen LogP contribution is 2.47. The predicted molar refractivity (Wildman–Crippen MR) is 232 cm³/mol. The summed E-state index contributed by atoms with van der Waals surface area (Å²) >= 11 is 0. The van der Waals surface area contributed by atoms with E-state index in [2.05, 4.69) is 41.6 Å². The van der Waals surface area contributed by atoms with E-state index in [1.54, 1.807) is 7.11 Å². The zero-order chi connectivity index (χ0) is 42.4. The number of carbonyl (C=O) groups is 2. The maximum absolute atomic E-state index is 14.3. The van der Waals surface area contributed by atoms with Crippen LogP contribution in [0, 0.1) is 76.4 Å². The Hall–Kier alpha value is -1.68. The van der Waals surface area contributed by atoms with Gasteiger partial charge in [-0.25, -0.2) is 0 Å². The van der Waals surface area contributed by atoms with Crippen molar-refractivity contribution >= 4 is 11.6 Å². The predicted octanol–water partition coefficient (Wildman–Crippen LogP) is 3.77. The second-order valence-electron chi connectivity index (χ2n) is 21.3. The minimum atomic E-state index is -1.13. The van der Waals surface area contributed by atoms with Gasteiger partial charge in [-0.05, 0) is 132 Å². The Kier molecular flexibility index (Phi) is 16.5. The Balaban J connectivity index is 1.06. The van der Waals surface area contributed by atoms with E-state index in [0.29, 0.717) is 92.3 Å². The number of piperidine rings is 2. The molecular weight excluding hydrogens is 755 g/mol. The van der Waals surface area contributed by atoms with E-state index in [1.807, 2.05) is 0 Å². The van der Waals surface area contributed by atoms with E-state index in [0.717, 1.165) is 64.5 Å². The van der Waals surface area contributed by atoms with Crippen LogP contribution in [0.3, 0.4) is 0 Å². The summed E-state index contributed by atoms with van der Waals surface area (Å²) in [7, 11) is 1.64. The van der Waals surface area contributed by atoms with Crippen LogP contribution in [0.2, 0.25) is 0 Å². The lowest BCUT2D eigenvalue weighted by Crippen LogP contribution is -2.96. The van der Waals surface area contributed by atoms with Crippen LogP contribution in [0.5, 0.6) is 0 Å². The minimum absolute atomic E-state index is 0.0294. The van der Waals surface area contributed by atoms with Gasteiger partial charge in [-0.15, -0.1) is 0 Å². The number of fused-ring (bicyclic) bond motifs is 2. The topological polar surface area (TPSA) is 184 Å². The average Bonchev–Trinajstić information content (AvgIpc) is 3.30. The molecule has 1 spiro atoms. The van der Waals surface area contributed by atoms with E-state index in [-0.39, 0.29) is 48.1 Å². The van der Waals surface area contributed by atoms with Crippen LogP contribution >= 0.6 is 0 Å². The number of carbonyl (C=O) groups excluding carboxylic acids is 2. The van der Waals surface area contributed by atoms with Gasteiger partial charge >= 0.3 is 0 Å². The third-order valence-corrected chi connectivity index (χ3v) is 17.6. The Morgan fingerprint density at radius 2 is 1.68 bits per heavy atom. The Bertz CT molecular complexity index is 1510. The van der Waals surface area contributed by atoms with Crippen molar-refractivity contribution in [2.24, 2.45) is 70.3 Å². The number of methoxy groups -OCH3 is 1. The summed E-state index contributed by atoms with van der Waals surface area (Å²) in [4.78, 5) is 26.4. The fraction of sp³-hybridized carbons (Fsp3) is 0.880.